The van der Waals surface area contributed by atoms with Gasteiger partial charge in [0, 0.05) is 9.65 Å². The molecule has 1 N–H and O–H groups in total. The molecule has 3 atom stereocenters. The monoisotopic (exact) mass is 356 g/mol. The van der Waals surface area contributed by atoms with E-state index in [1.165, 1.54) is 0 Å². The zero-order chi connectivity index (χ0) is 9.78. The van der Waals surface area contributed by atoms with E-state index in [9.17, 15) is 0 Å². The minimum absolute atomic E-state index is 0.202. The topological polar surface area (TPSA) is 29.5 Å². The second-order valence-electron chi connectivity index (χ2n) is 2.40. The normalized spacial score (nSPS) is 21.4. The Morgan fingerprint density at radius 1 is 1.67 bits per heavy atom. The van der Waals surface area contributed by atoms with E-state index in [0.717, 1.165) is 6.42 Å². The highest BCUT2D eigenvalue weighted by Gasteiger charge is 2.12. The predicted octanol–water partition coefficient (Wildman–Crippen LogP) is 3.09. The molecule has 0 aromatic carbocycles. The summed E-state index contributed by atoms with van der Waals surface area (Å²) in [5.74, 6) is 0. The molecule has 0 spiro atoms. The van der Waals surface area contributed by atoms with Crippen molar-refractivity contribution in [2.24, 2.45) is 0 Å². The smallest absolute Gasteiger partial charge is 0.241 e. The maximum Gasteiger partial charge on any atom is 0.241 e. The van der Waals surface area contributed by atoms with Crippen molar-refractivity contribution >= 4 is 61.6 Å². The molecule has 0 bridgehead atoms. The van der Waals surface area contributed by atoms with Gasteiger partial charge in [-0.3, -0.25) is 0 Å². The lowest BCUT2D eigenvalue weighted by molar-refractivity contribution is 0.318. The number of alkyl halides is 2. The summed E-state index contributed by atoms with van der Waals surface area (Å²) in [7, 11) is 0. The highest BCUT2D eigenvalue weighted by Crippen LogP contribution is 2.47. The van der Waals surface area contributed by atoms with Crippen LogP contribution in [0.2, 0.25) is 0 Å². The number of hydrogen-bond acceptors (Lipinski definition) is 2. The summed E-state index contributed by atoms with van der Waals surface area (Å²) in [6.07, 6.45) is 0.920. The van der Waals surface area contributed by atoms with E-state index < -0.39 is 5.69 Å². The summed E-state index contributed by atoms with van der Waals surface area (Å²) in [5.41, 5.74) is -2.78. The molecule has 0 aromatic heterocycles. The molecular formula is C5H11Br2O2PS2. The van der Waals surface area contributed by atoms with Gasteiger partial charge in [-0.15, -0.1) is 0 Å². The van der Waals surface area contributed by atoms with Crippen LogP contribution in [0.4, 0.5) is 0 Å². The van der Waals surface area contributed by atoms with Gasteiger partial charge in [-0.1, -0.05) is 51.0 Å². The van der Waals surface area contributed by atoms with Gasteiger partial charge >= 0.3 is 0 Å². The Morgan fingerprint density at radius 3 is 2.50 bits per heavy atom. The molecule has 3 unspecified atom stereocenters. The van der Waals surface area contributed by atoms with Crippen LogP contribution in [0.3, 0.4) is 0 Å². The molecule has 0 heterocycles. The number of hydrogen-bond donors (Lipinski definition) is 2. The molecule has 0 rings (SSSR count). The summed E-state index contributed by atoms with van der Waals surface area (Å²) in [4.78, 5) is 9.66. The first-order chi connectivity index (χ1) is 5.31. The molecule has 0 radical (unpaired) electrons. The molecular weight excluding hydrogens is 347 g/mol. The molecule has 0 aromatic rings. The Balaban J connectivity index is 3.58. The van der Waals surface area contributed by atoms with Crippen molar-refractivity contribution in [3.63, 3.8) is 0 Å². The molecule has 0 aliphatic heterocycles. The highest BCUT2D eigenvalue weighted by atomic mass is 79.9. The third kappa shape index (κ3) is 9.96. The van der Waals surface area contributed by atoms with Gasteiger partial charge in [0.2, 0.25) is 5.69 Å². The Hall–Kier alpha value is 1.88. The van der Waals surface area contributed by atoms with Crippen LogP contribution in [0.15, 0.2) is 0 Å². The minimum Gasteiger partial charge on any atom is -0.338 e. The molecule has 0 amide bonds. The molecule has 0 fully saturated rings. The molecule has 2 nitrogen and oxygen atoms in total. The Kier molecular flexibility index (Phi) is 7.38. The van der Waals surface area contributed by atoms with Crippen molar-refractivity contribution in [2.45, 2.75) is 23.0 Å². The largest absolute Gasteiger partial charge is 0.338 e. The van der Waals surface area contributed by atoms with E-state index in [-0.39, 0.29) is 4.83 Å². The Morgan fingerprint density at radius 2 is 2.17 bits per heavy atom. The standard InChI is InChI=1S/C5H11Br2O2PS2/c1-4(6)2-5(7)3-9-10(8,11)12/h4-5H,2-3H2,1H3,(H2,8,11,12). The Labute approximate surface area is 100 Å². The maximum atomic E-state index is 9.04. The fourth-order valence-electron chi connectivity index (χ4n) is 0.598. The van der Waals surface area contributed by atoms with E-state index in [1.807, 2.05) is 6.92 Å². The minimum atomic E-state index is -2.78. The van der Waals surface area contributed by atoms with Crippen LogP contribution in [0.5, 0.6) is 0 Å². The number of halogens is 2. The summed E-state index contributed by atoms with van der Waals surface area (Å²) in [5, 5.41) is 0. The summed E-state index contributed by atoms with van der Waals surface area (Å²) in [6, 6.07) is 0. The van der Waals surface area contributed by atoms with Gasteiger partial charge in [0.1, 0.15) is 0 Å². The van der Waals surface area contributed by atoms with E-state index in [0.29, 0.717) is 11.4 Å². The number of thiol groups is 1. The van der Waals surface area contributed by atoms with Crippen LogP contribution in [0.1, 0.15) is 13.3 Å². The third-order valence-corrected chi connectivity index (χ3v) is 3.16. The maximum absolute atomic E-state index is 9.04. The molecule has 0 aliphatic rings. The first-order valence-electron chi connectivity index (χ1n) is 3.29. The van der Waals surface area contributed by atoms with Crippen molar-refractivity contribution in [3.8, 4) is 0 Å². The fourth-order valence-corrected chi connectivity index (χ4v) is 3.21. The SMILES string of the molecule is CC(Br)CC(Br)COP(O)(=S)S. The first kappa shape index (κ1) is 13.9. The van der Waals surface area contributed by atoms with Crippen molar-refractivity contribution in [1.82, 2.24) is 0 Å². The lowest BCUT2D eigenvalue weighted by atomic mass is 10.3. The summed E-state index contributed by atoms with van der Waals surface area (Å²) < 4.78 is 4.97. The average Bonchev–Trinajstić information content (AvgIpc) is 1.80. The van der Waals surface area contributed by atoms with E-state index in [1.54, 1.807) is 0 Å². The van der Waals surface area contributed by atoms with Gasteiger partial charge in [-0.05, 0) is 18.2 Å². The molecule has 0 aliphatic carbocycles. The molecule has 0 saturated carbocycles. The lowest BCUT2D eigenvalue weighted by Crippen LogP contribution is -2.10. The second kappa shape index (κ2) is 6.38. The van der Waals surface area contributed by atoms with Crippen LogP contribution in [0, 0.1) is 0 Å². The van der Waals surface area contributed by atoms with Crippen LogP contribution in [0.25, 0.3) is 0 Å². The second-order valence-corrected chi connectivity index (χ2v) is 10.4. The fraction of sp³-hybridized carbons (Fsp3) is 1.00. The van der Waals surface area contributed by atoms with E-state index in [2.05, 4.69) is 55.9 Å². The summed E-state index contributed by atoms with van der Waals surface area (Å²) in [6.45, 7) is 2.44. The van der Waals surface area contributed by atoms with Gasteiger partial charge in [0.25, 0.3) is 0 Å². The van der Waals surface area contributed by atoms with Gasteiger partial charge < -0.3 is 9.42 Å². The lowest BCUT2D eigenvalue weighted by Gasteiger charge is -2.14. The van der Waals surface area contributed by atoms with Gasteiger partial charge in [-0.2, -0.15) is 0 Å². The van der Waals surface area contributed by atoms with Crippen molar-refractivity contribution in [1.29, 1.82) is 0 Å². The highest BCUT2D eigenvalue weighted by molar-refractivity contribution is 9.10. The molecule has 0 saturated heterocycles. The number of rotatable bonds is 5. The molecule has 7 heteroatoms. The average molecular weight is 358 g/mol. The molecule has 74 valence electrons. The molecule has 12 heavy (non-hydrogen) atoms. The van der Waals surface area contributed by atoms with Crippen LogP contribution < -0.4 is 0 Å². The van der Waals surface area contributed by atoms with Crippen molar-refractivity contribution in [2.75, 3.05) is 6.61 Å². The van der Waals surface area contributed by atoms with Crippen LogP contribution in [-0.2, 0) is 16.3 Å². The first-order valence-corrected chi connectivity index (χ1v) is 8.95. The zero-order valence-electron chi connectivity index (χ0n) is 6.48. The van der Waals surface area contributed by atoms with Gasteiger partial charge in [-0.25, -0.2) is 0 Å². The summed E-state index contributed by atoms with van der Waals surface area (Å²) >= 11 is 15.2. The van der Waals surface area contributed by atoms with Gasteiger partial charge in [0.05, 0.1) is 6.61 Å². The Bertz CT molecular complexity index is 173. The van der Waals surface area contributed by atoms with Gasteiger partial charge in [0.15, 0.2) is 0 Å². The van der Waals surface area contributed by atoms with Crippen molar-refractivity contribution in [3.05, 3.63) is 0 Å². The zero-order valence-corrected chi connectivity index (χ0v) is 12.3. The third-order valence-electron chi connectivity index (χ3n) is 1.00. The van der Waals surface area contributed by atoms with E-state index in [4.69, 9.17) is 9.42 Å². The van der Waals surface area contributed by atoms with Crippen LogP contribution in [-0.4, -0.2) is 21.2 Å². The quantitative estimate of drug-likeness (QED) is 0.450. The van der Waals surface area contributed by atoms with E-state index >= 15 is 0 Å². The predicted molar refractivity (Wildman–Crippen MR) is 67.2 cm³/mol. The van der Waals surface area contributed by atoms with Crippen LogP contribution >= 0.6 is 49.8 Å². The van der Waals surface area contributed by atoms with Crippen molar-refractivity contribution < 1.29 is 9.42 Å².